The van der Waals surface area contributed by atoms with Gasteiger partial charge in [-0.25, -0.2) is 9.59 Å². The number of rotatable bonds is 1. The largest absolute Gasteiger partial charge is 0.468 e. The average Bonchev–Trinajstić information content (AvgIpc) is 2.01. The maximum Gasteiger partial charge on any atom is 0.402 e. The number of hydrogen-bond acceptors (Lipinski definition) is 5. The third-order valence-corrected chi connectivity index (χ3v) is 0.394. The van der Waals surface area contributed by atoms with E-state index >= 15 is 0 Å². The van der Waals surface area contributed by atoms with Crippen LogP contribution in [0.15, 0.2) is 0 Å². The van der Waals surface area contributed by atoms with Gasteiger partial charge >= 0.3 is 18.2 Å². The summed E-state index contributed by atoms with van der Waals surface area (Å²) in [5, 5.41) is 14.4. The summed E-state index contributed by atoms with van der Waals surface area (Å²) in [6.45, 7) is -0.0312. The van der Waals surface area contributed by atoms with E-state index < -0.39 is 12.2 Å². The third-order valence-electron chi connectivity index (χ3n) is 0.394. The van der Waals surface area contributed by atoms with Gasteiger partial charge in [-0.1, -0.05) is 0 Å². The fraction of sp³-hybridized carbons (Fsp3) is 0.400. The lowest BCUT2D eigenvalue weighted by atomic mass is 10.7. The van der Waals surface area contributed by atoms with Gasteiger partial charge in [-0.15, -0.1) is 0 Å². The van der Waals surface area contributed by atoms with Crippen LogP contribution in [0.4, 0.5) is 9.59 Å². The number of esters is 1. The molecule has 84 valence electrons. The van der Waals surface area contributed by atoms with Gasteiger partial charge in [0.25, 0.3) is 0 Å². The highest BCUT2D eigenvalue weighted by Gasteiger charge is 1.87. The molecule has 9 heteroatoms. The molecule has 2 amide bonds. The number of amides is 2. The zero-order chi connectivity index (χ0) is 12.1. The van der Waals surface area contributed by atoms with Crippen LogP contribution in [0.5, 0.6) is 0 Å². The SMILES string of the molecule is COC(=O)CN.NC(=O)O.NC(=O)O. The minimum Gasteiger partial charge on any atom is -0.468 e. The van der Waals surface area contributed by atoms with E-state index in [1.807, 2.05) is 0 Å². The molecule has 0 atom stereocenters. The Kier molecular flexibility index (Phi) is 17.3. The molecular formula is C5H13N3O6. The zero-order valence-corrected chi connectivity index (χ0v) is 7.47. The van der Waals surface area contributed by atoms with Crippen LogP contribution in [0.2, 0.25) is 0 Å². The lowest BCUT2D eigenvalue weighted by Crippen LogP contribution is -2.14. The number of carbonyl (C=O) groups excluding carboxylic acids is 1. The molecular weight excluding hydrogens is 198 g/mol. The van der Waals surface area contributed by atoms with Gasteiger partial charge in [0.2, 0.25) is 0 Å². The predicted molar refractivity (Wildman–Crippen MR) is 45.5 cm³/mol. The van der Waals surface area contributed by atoms with Crippen molar-refractivity contribution >= 4 is 18.2 Å². The van der Waals surface area contributed by atoms with Gasteiger partial charge in [-0.05, 0) is 0 Å². The molecule has 0 fully saturated rings. The van der Waals surface area contributed by atoms with Gasteiger partial charge in [0.05, 0.1) is 13.7 Å². The highest BCUT2D eigenvalue weighted by Crippen LogP contribution is 1.61. The minimum absolute atomic E-state index is 0.0312. The van der Waals surface area contributed by atoms with Gasteiger partial charge in [0.15, 0.2) is 0 Å². The van der Waals surface area contributed by atoms with Gasteiger partial charge < -0.3 is 32.2 Å². The monoisotopic (exact) mass is 211 g/mol. The molecule has 8 N–H and O–H groups in total. The van der Waals surface area contributed by atoms with E-state index in [4.69, 9.17) is 25.5 Å². The number of nitrogens with two attached hydrogens (primary N) is 3. The summed E-state index contributed by atoms with van der Waals surface area (Å²) < 4.78 is 4.14. The van der Waals surface area contributed by atoms with E-state index in [-0.39, 0.29) is 12.5 Å². The van der Waals surface area contributed by atoms with Gasteiger partial charge in [0, 0.05) is 0 Å². The van der Waals surface area contributed by atoms with E-state index in [0.717, 1.165) is 0 Å². The van der Waals surface area contributed by atoms with Crippen LogP contribution < -0.4 is 17.2 Å². The molecule has 0 rings (SSSR count). The molecule has 0 bridgehead atoms. The number of hydrogen-bond donors (Lipinski definition) is 5. The summed E-state index contributed by atoms with van der Waals surface area (Å²) in [5.74, 6) is -0.380. The standard InChI is InChI=1S/C3H7NO2.2CH3NO2/c1-6-3(5)2-4;2*2-1(3)4/h2,4H2,1H3;2*2H2,(H,3,4). The van der Waals surface area contributed by atoms with E-state index in [1.165, 1.54) is 7.11 Å². The molecule has 0 saturated heterocycles. The van der Waals surface area contributed by atoms with Crippen molar-refractivity contribution in [3.63, 3.8) is 0 Å². The topological polar surface area (TPSA) is 179 Å². The zero-order valence-electron chi connectivity index (χ0n) is 7.47. The molecule has 0 saturated carbocycles. The highest BCUT2D eigenvalue weighted by atomic mass is 16.5. The molecule has 14 heavy (non-hydrogen) atoms. The summed E-state index contributed by atoms with van der Waals surface area (Å²) in [6, 6.07) is 0. The third kappa shape index (κ3) is 207. The Balaban J connectivity index is -0.000000135. The second-order valence-corrected chi connectivity index (χ2v) is 1.46. The van der Waals surface area contributed by atoms with E-state index in [9.17, 15) is 4.79 Å². The van der Waals surface area contributed by atoms with Crippen LogP contribution in [0.1, 0.15) is 0 Å². The Hall–Kier alpha value is -2.03. The van der Waals surface area contributed by atoms with Crippen molar-refractivity contribution in [3.8, 4) is 0 Å². The van der Waals surface area contributed by atoms with Crippen molar-refractivity contribution in [2.24, 2.45) is 17.2 Å². The molecule has 0 radical (unpaired) electrons. The van der Waals surface area contributed by atoms with Gasteiger partial charge in [-0.2, -0.15) is 0 Å². The van der Waals surface area contributed by atoms with E-state index in [2.05, 4.69) is 16.2 Å². The molecule has 0 aliphatic carbocycles. The van der Waals surface area contributed by atoms with E-state index in [0.29, 0.717) is 0 Å². The number of carbonyl (C=O) groups is 3. The quantitative estimate of drug-likeness (QED) is 0.322. The maximum atomic E-state index is 9.83. The lowest BCUT2D eigenvalue weighted by Gasteiger charge is -1.87. The number of carboxylic acid groups (broad SMARTS) is 2. The Bertz CT molecular complexity index is 156. The molecule has 0 aliphatic heterocycles. The Morgan fingerprint density at radius 1 is 1.14 bits per heavy atom. The van der Waals surface area contributed by atoms with E-state index in [1.54, 1.807) is 0 Å². The Morgan fingerprint density at radius 2 is 1.36 bits per heavy atom. The van der Waals surface area contributed by atoms with Crippen LogP contribution in [0.3, 0.4) is 0 Å². The van der Waals surface area contributed by atoms with Crippen LogP contribution in [0, 0.1) is 0 Å². The maximum absolute atomic E-state index is 9.83. The number of primary amides is 2. The predicted octanol–water partition coefficient (Wildman–Crippen LogP) is -1.64. The van der Waals surface area contributed by atoms with Crippen LogP contribution in [0.25, 0.3) is 0 Å². The Labute approximate surface area is 79.4 Å². The summed E-state index contributed by atoms with van der Waals surface area (Å²) in [5.41, 5.74) is 12.9. The van der Waals surface area contributed by atoms with Crippen molar-refractivity contribution in [2.45, 2.75) is 0 Å². The normalized spacial score (nSPS) is 6.71. The average molecular weight is 211 g/mol. The van der Waals surface area contributed by atoms with Crippen molar-refractivity contribution in [2.75, 3.05) is 13.7 Å². The van der Waals surface area contributed by atoms with Crippen LogP contribution in [-0.2, 0) is 9.53 Å². The van der Waals surface area contributed by atoms with Gasteiger partial charge in [-0.3, -0.25) is 4.79 Å². The van der Waals surface area contributed by atoms with Crippen molar-refractivity contribution in [1.29, 1.82) is 0 Å². The fourth-order valence-corrected chi connectivity index (χ4v) is 0.0833. The first-order valence-corrected chi connectivity index (χ1v) is 3.01. The molecule has 0 heterocycles. The first kappa shape index (κ1) is 17.9. The van der Waals surface area contributed by atoms with Crippen LogP contribution >= 0.6 is 0 Å². The smallest absolute Gasteiger partial charge is 0.402 e. The molecule has 0 unspecified atom stereocenters. The van der Waals surface area contributed by atoms with Crippen molar-refractivity contribution in [3.05, 3.63) is 0 Å². The van der Waals surface area contributed by atoms with Crippen molar-refractivity contribution in [1.82, 2.24) is 0 Å². The van der Waals surface area contributed by atoms with Crippen LogP contribution in [-0.4, -0.2) is 42.0 Å². The van der Waals surface area contributed by atoms with Gasteiger partial charge in [0.1, 0.15) is 0 Å². The first-order chi connectivity index (χ1) is 6.27. The fourth-order valence-electron chi connectivity index (χ4n) is 0.0833. The molecule has 0 aliphatic rings. The number of methoxy groups -OCH3 is 1. The van der Waals surface area contributed by atoms with Crippen molar-refractivity contribution < 1.29 is 29.3 Å². The first-order valence-electron chi connectivity index (χ1n) is 3.01. The molecule has 9 nitrogen and oxygen atoms in total. The second-order valence-electron chi connectivity index (χ2n) is 1.46. The summed E-state index contributed by atoms with van der Waals surface area (Å²) in [6.07, 6.45) is -2.67. The minimum atomic E-state index is -1.33. The second kappa shape index (κ2) is 13.6. The summed E-state index contributed by atoms with van der Waals surface area (Å²) in [7, 11) is 1.30. The Morgan fingerprint density at radius 3 is 1.36 bits per heavy atom. The lowest BCUT2D eigenvalue weighted by molar-refractivity contribution is -0.138. The molecule has 0 spiro atoms. The molecule has 0 aromatic carbocycles. The number of ether oxygens (including phenoxy) is 1. The summed E-state index contributed by atoms with van der Waals surface area (Å²) >= 11 is 0. The summed E-state index contributed by atoms with van der Waals surface area (Å²) in [4.78, 5) is 27.4. The molecule has 0 aromatic heterocycles. The highest BCUT2D eigenvalue weighted by molar-refractivity contribution is 5.71. The molecule has 0 aromatic rings.